The van der Waals surface area contributed by atoms with Crippen LogP contribution >= 0.6 is 0 Å². The SMILES string of the molecule is CC1CN(C(=O)OC(C)(C)C)CCC1c1ccoc1. The van der Waals surface area contributed by atoms with E-state index < -0.39 is 5.60 Å². The third kappa shape index (κ3) is 3.52. The van der Waals surface area contributed by atoms with Gasteiger partial charge in [-0.2, -0.15) is 0 Å². The molecule has 19 heavy (non-hydrogen) atoms. The van der Waals surface area contributed by atoms with Crippen LogP contribution in [0.2, 0.25) is 0 Å². The number of furan rings is 1. The topological polar surface area (TPSA) is 42.7 Å². The average molecular weight is 265 g/mol. The Morgan fingerprint density at radius 3 is 2.74 bits per heavy atom. The third-order valence-electron chi connectivity index (χ3n) is 3.53. The summed E-state index contributed by atoms with van der Waals surface area (Å²) >= 11 is 0. The lowest BCUT2D eigenvalue weighted by Crippen LogP contribution is -2.44. The zero-order valence-corrected chi connectivity index (χ0v) is 12.2. The minimum atomic E-state index is -0.429. The molecule has 0 aromatic carbocycles. The lowest BCUT2D eigenvalue weighted by molar-refractivity contribution is 0.0155. The number of hydrogen-bond donors (Lipinski definition) is 0. The number of hydrogen-bond acceptors (Lipinski definition) is 3. The lowest BCUT2D eigenvalue weighted by Gasteiger charge is -2.37. The Bertz CT molecular complexity index is 419. The highest BCUT2D eigenvalue weighted by Crippen LogP contribution is 2.33. The van der Waals surface area contributed by atoms with Gasteiger partial charge in [0.15, 0.2) is 0 Å². The van der Waals surface area contributed by atoms with E-state index >= 15 is 0 Å². The Kier molecular flexibility index (Phi) is 3.88. The summed E-state index contributed by atoms with van der Waals surface area (Å²) in [4.78, 5) is 13.8. The highest BCUT2D eigenvalue weighted by molar-refractivity contribution is 5.68. The minimum Gasteiger partial charge on any atom is -0.472 e. The fraction of sp³-hybridized carbons (Fsp3) is 0.667. The summed E-state index contributed by atoms with van der Waals surface area (Å²) in [7, 11) is 0. The van der Waals surface area contributed by atoms with Crippen molar-refractivity contribution in [3.05, 3.63) is 24.2 Å². The highest BCUT2D eigenvalue weighted by atomic mass is 16.6. The van der Waals surface area contributed by atoms with E-state index in [-0.39, 0.29) is 6.09 Å². The molecule has 1 fully saturated rings. The van der Waals surface area contributed by atoms with Gasteiger partial charge in [-0.1, -0.05) is 6.92 Å². The molecule has 2 heterocycles. The van der Waals surface area contributed by atoms with Crippen molar-refractivity contribution in [2.24, 2.45) is 5.92 Å². The van der Waals surface area contributed by atoms with Gasteiger partial charge in [0, 0.05) is 13.1 Å². The van der Waals surface area contributed by atoms with Crippen LogP contribution in [0.15, 0.2) is 23.0 Å². The Labute approximate surface area is 114 Å². The van der Waals surface area contributed by atoms with E-state index in [2.05, 4.69) is 6.92 Å². The molecule has 1 aromatic heterocycles. The molecule has 1 saturated heterocycles. The first-order valence-electron chi connectivity index (χ1n) is 6.87. The van der Waals surface area contributed by atoms with Crippen molar-refractivity contribution in [3.8, 4) is 0 Å². The normalized spacial score (nSPS) is 24.3. The van der Waals surface area contributed by atoms with Gasteiger partial charge in [-0.05, 0) is 50.7 Å². The summed E-state index contributed by atoms with van der Waals surface area (Å²) in [5.74, 6) is 0.885. The van der Waals surface area contributed by atoms with Crippen LogP contribution in [0.4, 0.5) is 4.79 Å². The molecule has 2 unspecified atom stereocenters. The van der Waals surface area contributed by atoms with Crippen molar-refractivity contribution in [1.29, 1.82) is 0 Å². The molecule has 4 nitrogen and oxygen atoms in total. The van der Waals surface area contributed by atoms with Gasteiger partial charge in [-0.3, -0.25) is 0 Å². The summed E-state index contributed by atoms with van der Waals surface area (Å²) < 4.78 is 10.6. The monoisotopic (exact) mass is 265 g/mol. The van der Waals surface area contributed by atoms with Crippen molar-refractivity contribution in [1.82, 2.24) is 4.90 Å². The molecule has 106 valence electrons. The maximum absolute atomic E-state index is 12.0. The van der Waals surface area contributed by atoms with Crippen molar-refractivity contribution >= 4 is 6.09 Å². The van der Waals surface area contributed by atoms with Crippen LogP contribution < -0.4 is 0 Å². The van der Waals surface area contributed by atoms with E-state index in [1.807, 2.05) is 38.0 Å². The molecule has 0 aliphatic carbocycles. The molecule has 0 N–H and O–H groups in total. The van der Waals surface area contributed by atoms with Crippen molar-refractivity contribution in [2.45, 2.75) is 45.6 Å². The lowest BCUT2D eigenvalue weighted by atomic mass is 9.83. The smallest absolute Gasteiger partial charge is 0.410 e. The minimum absolute atomic E-state index is 0.204. The second-order valence-electron chi connectivity index (χ2n) is 6.36. The second-order valence-corrected chi connectivity index (χ2v) is 6.36. The predicted molar refractivity (Wildman–Crippen MR) is 73.0 cm³/mol. The van der Waals surface area contributed by atoms with Crippen molar-refractivity contribution < 1.29 is 13.9 Å². The largest absolute Gasteiger partial charge is 0.472 e. The molecule has 0 spiro atoms. The molecular weight excluding hydrogens is 242 g/mol. The maximum atomic E-state index is 12.0. The number of carbonyl (C=O) groups excluding carboxylic acids is 1. The van der Waals surface area contributed by atoms with Gasteiger partial charge in [-0.15, -0.1) is 0 Å². The van der Waals surface area contributed by atoms with Gasteiger partial charge in [-0.25, -0.2) is 4.79 Å². The zero-order valence-electron chi connectivity index (χ0n) is 12.2. The van der Waals surface area contributed by atoms with Gasteiger partial charge >= 0.3 is 6.09 Å². The summed E-state index contributed by atoms with van der Waals surface area (Å²) in [6.45, 7) is 9.35. The van der Waals surface area contributed by atoms with Gasteiger partial charge < -0.3 is 14.1 Å². The van der Waals surface area contributed by atoms with E-state index in [9.17, 15) is 4.79 Å². The van der Waals surface area contributed by atoms with Crippen molar-refractivity contribution in [3.63, 3.8) is 0 Å². The fourth-order valence-electron chi connectivity index (χ4n) is 2.62. The number of rotatable bonds is 1. The average Bonchev–Trinajstić information content (AvgIpc) is 2.79. The number of ether oxygens (including phenoxy) is 1. The van der Waals surface area contributed by atoms with E-state index in [1.165, 1.54) is 5.56 Å². The zero-order chi connectivity index (χ0) is 14.0. The molecular formula is C15H23NO3. The Morgan fingerprint density at radius 2 is 2.21 bits per heavy atom. The number of carbonyl (C=O) groups is 1. The van der Waals surface area contributed by atoms with Crippen LogP contribution in [0, 0.1) is 5.92 Å². The highest BCUT2D eigenvalue weighted by Gasteiger charge is 2.32. The molecule has 1 amide bonds. The Hall–Kier alpha value is -1.45. The first-order valence-corrected chi connectivity index (χ1v) is 6.87. The molecule has 1 aliphatic heterocycles. The van der Waals surface area contributed by atoms with Gasteiger partial charge in [0.2, 0.25) is 0 Å². The molecule has 1 aliphatic rings. The van der Waals surface area contributed by atoms with Crippen LogP contribution in [0.3, 0.4) is 0 Å². The standard InChI is InChI=1S/C15H23NO3/c1-11-9-16(14(17)19-15(2,3)4)7-5-13(11)12-6-8-18-10-12/h6,8,10-11,13H,5,7,9H2,1-4H3. The molecule has 2 rings (SSSR count). The summed E-state index contributed by atoms with van der Waals surface area (Å²) in [6.07, 6.45) is 4.28. The molecule has 0 radical (unpaired) electrons. The first-order chi connectivity index (χ1) is 8.87. The first kappa shape index (κ1) is 14.0. The molecule has 0 bridgehead atoms. The Morgan fingerprint density at radius 1 is 1.47 bits per heavy atom. The van der Waals surface area contributed by atoms with Crippen LogP contribution in [0.1, 0.15) is 45.6 Å². The quantitative estimate of drug-likeness (QED) is 0.778. The molecule has 1 aromatic rings. The molecule has 0 saturated carbocycles. The fourth-order valence-corrected chi connectivity index (χ4v) is 2.62. The summed E-state index contributed by atoms with van der Waals surface area (Å²) in [5.41, 5.74) is 0.804. The van der Waals surface area contributed by atoms with Crippen molar-refractivity contribution in [2.75, 3.05) is 13.1 Å². The van der Waals surface area contributed by atoms with E-state index in [4.69, 9.17) is 9.15 Å². The predicted octanol–water partition coefficient (Wildman–Crippen LogP) is 3.64. The number of amides is 1. The van der Waals surface area contributed by atoms with Crippen LogP contribution in [0.25, 0.3) is 0 Å². The second kappa shape index (κ2) is 5.27. The Balaban J connectivity index is 1.95. The van der Waals surface area contributed by atoms with Gasteiger partial charge in [0.25, 0.3) is 0 Å². The third-order valence-corrected chi connectivity index (χ3v) is 3.53. The number of nitrogens with zero attached hydrogens (tertiary/aromatic N) is 1. The van der Waals surface area contributed by atoms with E-state index in [1.54, 1.807) is 6.26 Å². The van der Waals surface area contributed by atoms with Crippen LogP contribution in [-0.4, -0.2) is 29.7 Å². The van der Waals surface area contributed by atoms with Crippen LogP contribution in [0.5, 0.6) is 0 Å². The van der Waals surface area contributed by atoms with E-state index in [0.717, 1.165) is 19.5 Å². The number of likely N-dealkylation sites (tertiary alicyclic amines) is 1. The summed E-state index contributed by atoms with van der Waals surface area (Å²) in [6, 6.07) is 2.02. The molecule has 2 atom stereocenters. The van der Waals surface area contributed by atoms with Crippen LogP contribution in [-0.2, 0) is 4.74 Å². The van der Waals surface area contributed by atoms with Gasteiger partial charge in [0.05, 0.1) is 12.5 Å². The van der Waals surface area contributed by atoms with E-state index in [0.29, 0.717) is 11.8 Å². The van der Waals surface area contributed by atoms with Gasteiger partial charge in [0.1, 0.15) is 5.60 Å². The summed E-state index contributed by atoms with van der Waals surface area (Å²) in [5, 5.41) is 0. The number of piperidine rings is 1. The maximum Gasteiger partial charge on any atom is 0.410 e. The molecule has 4 heteroatoms.